The molecular formula is C32H58O4. The summed E-state index contributed by atoms with van der Waals surface area (Å²) in [6.07, 6.45) is 34.1. The van der Waals surface area contributed by atoms with E-state index < -0.39 is 17.9 Å². The number of carboxylic acids is 1. The summed E-state index contributed by atoms with van der Waals surface area (Å²) in [5, 5.41) is 9.01. The summed E-state index contributed by atoms with van der Waals surface area (Å²) in [7, 11) is 0. The van der Waals surface area contributed by atoms with Crippen LogP contribution in [0.25, 0.3) is 0 Å². The topological polar surface area (TPSA) is 63.6 Å². The molecule has 0 saturated heterocycles. The fourth-order valence-corrected chi connectivity index (χ4v) is 4.65. The molecule has 0 aromatic carbocycles. The van der Waals surface area contributed by atoms with E-state index in [-0.39, 0.29) is 13.0 Å². The van der Waals surface area contributed by atoms with Crippen molar-refractivity contribution in [2.75, 3.05) is 6.61 Å². The number of carbonyl (C=O) groups excluding carboxylic acids is 1. The summed E-state index contributed by atoms with van der Waals surface area (Å²) in [6.45, 7) is 5.94. The zero-order chi connectivity index (χ0) is 26.5. The van der Waals surface area contributed by atoms with Gasteiger partial charge in [-0.2, -0.15) is 0 Å². The molecule has 0 bridgehead atoms. The molecule has 0 radical (unpaired) electrons. The van der Waals surface area contributed by atoms with E-state index in [9.17, 15) is 9.59 Å². The fourth-order valence-electron chi connectivity index (χ4n) is 4.65. The third-order valence-corrected chi connectivity index (χ3v) is 6.91. The molecule has 0 aliphatic heterocycles. The molecule has 1 atom stereocenters. The van der Waals surface area contributed by atoms with Crippen molar-refractivity contribution in [1.82, 2.24) is 0 Å². The normalized spacial score (nSPS) is 12.1. The Morgan fingerprint density at radius 3 is 1.53 bits per heavy atom. The number of esters is 1. The predicted molar refractivity (Wildman–Crippen MR) is 153 cm³/mol. The highest BCUT2D eigenvalue weighted by Crippen LogP contribution is 2.18. The Balaban J connectivity index is 3.42. The first kappa shape index (κ1) is 34.4. The molecule has 0 heterocycles. The summed E-state index contributed by atoms with van der Waals surface area (Å²) in [5.74, 6) is -1.90. The first-order valence-electron chi connectivity index (χ1n) is 15.3. The first-order valence-corrected chi connectivity index (χ1v) is 15.3. The van der Waals surface area contributed by atoms with Crippen molar-refractivity contribution in [3.05, 3.63) is 24.8 Å². The lowest BCUT2D eigenvalue weighted by molar-refractivity contribution is -0.152. The molecule has 0 spiro atoms. The van der Waals surface area contributed by atoms with Gasteiger partial charge in [-0.15, -0.1) is 0 Å². The average Bonchev–Trinajstić information content (AvgIpc) is 2.86. The van der Waals surface area contributed by atoms with Gasteiger partial charge in [-0.3, -0.25) is 9.59 Å². The predicted octanol–water partition coefficient (Wildman–Crippen LogP) is 9.96. The second-order valence-corrected chi connectivity index (χ2v) is 10.4. The van der Waals surface area contributed by atoms with E-state index in [2.05, 4.69) is 25.7 Å². The maximum absolute atomic E-state index is 12.0. The van der Waals surface area contributed by atoms with Crippen molar-refractivity contribution >= 4 is 11.9 Å². The number of unbranched alkanes of at least 4 members (excludes halogenated alkanes) is 19. The van der Waals surface area contributed by atoms with Gasteiger partial charge in [0, 0.05) is 0 Å². The Morgan fingerprint density at radius 1 is 0.694 bits per heavy atom. The number of aliphatic carboxylic acids is 1. The molecule has 0 aliphatic rings. The van der Waals surface area contributed by atoms with Crippen LogP contribution < -0.4 is 0 Å². The van der Waals surface area contributed by atoms with Crippen molar-refractivity contribution in [1.29, 1.82) is 0 Å². The van der Waals surface area contributed by atoms with Crippen LogP contribution in [-0.2, 0) is 14.3 Å². The van der Waals surface area contributed by atoms with Gasteiger partial charge in [-0.05, 0) is 32.1 Å². The highest BCUT2D eigenvalue weighted by atomic mass is 16.5. The molecule has 36 heavy (non-hydrogen) atoms. The van der Waals surface area contributed by atoms with Gasteiger partial charge < -0.3 is 9.84 Å². The third-order valence-electron chi connectivity index (χ3n) is 6.91. The average molecular weight is 507 g/mol. The Hall–Kier alpha value is -1.58. The maximum atomic E-state index is 12.0. The summed E-state index contributed by atoms with van der Waals surface area (Å²) in [4.78, 5) is 22.9. The van der Waals surface area contributed by atoms with Crippen LogP contribution in [0.5, 0.6) is 0 Å². The molecule has 0 aliphatic carbocycles. The lowest BCUT2D eigenvalue weighted by Crippen LogP contribution is -2.21. The van der Waals surface area contributed by atoms with E-state index in [4.69, 9.17) is 9.84 Å². The molecule has 1 N–H and O–H groups in total. The minimum Gasteiger partial charge on any atom is -0.481 e. The number of allylic oxidation sites excluding steroid dienone is 2. The fraction of sp³-hybridized carbons (Fsp3) is 0.812. The smallest absolute Gasteiger partial charge is 0.309 e. The Kier molecular flexibility index (Phi) is 26.8. The molecule has 0 amide bonds. The van der Waals surface area contributed by atoms with Gasteiger partial charge in [0.05, 0.1) is 12.3 Å². The summed E-state index contributed by atoms with van der Waals surface area (Å²) in [5.41, 5.74) is 0. The third kappa shape index (κ3) is 25.5. The molecule has 0 fully saturated rings. The van der Waals surface area contributed by atoms with Crippen LogP contribution in [-0.4, -0.2) is 23.7 Å². The van der Waals surface area contributed by atoms with E-state index in [1.54, 1.807) is 0 Å². The summed E-state index contributed by atoms with van der Waals surface area (Å²) >= 11 is 0. The minimum absolute atomic E-state index is 0.142. The maximum Gasteiger partial charge on any atom is 0.309 e. The molecular weight excluding hydrogens is 448 g/mol. The van der Waals surface area contributed by atoms with Crippen LogP contribution in [0.2, 0.25) is 0 Å². The Bertz CT molecular complexity index is 540. The molecule has 1 unspecified atom stereocenters. The number of rotatable bonds is 28. The van der Waals surface area contributed by atoms with Gasteiger partial charge in [-0.25, -0.2) is 0 Å². The van der Waals surface area contributed by atoms with Crippen LogP contribution in [0.15, 0.2) is 24.8 Å². The van der Waals surface area contributed by atoms with Crippen molar-refractivity contribution in [2.45, 2.75) is 155 Å². The minimum atomic E-state index is -0.946. The number of ether oxygens (including phenoxy) is 1. The Labute approximate surface area is 223 Å². The molecule has 0 saturated carbocycles. The Morgan fingerprint density at radius 2 is 1.11 bits per heavy atom. The monoisotopic (exact) mass is 506 g/mol. The number of hydrogen-bond acceptors (Lipinski definition) is 3. The van der Waals surface area contributed by atoms with Gasteiger partial charge in [0.15, 0.2) is 0 Å². The van der Waals surface area contributed by atoms with Crippen LogP contribution in [0, 0.1) is 5.92 Å². The number of carbonyl (C=O) groups is 2. The van der Waals surface area contributed by atoms with Crippen molar-refractivity contribution in [3.8, 4) is 0 Å². The van der Waals surface area contributed by atoms with Gasteiger partial charge in [0.1, 0.15) is 6.61 Å². The van der Waals surface area contributed by atoms with E-state index in [1.807, 2.05) is 0 Å². The summed E-state index contributed by atoms with van der Waals surface area (Å²) in [6, 6.07) is 0. The van der Waals surface area contributed by atoms with Gasteiger partial charge >= 0.3 is 11.9 Å². The van der Waals surface area contributed by atoms with Crippen LogP contribution in [0.4, 0.5) is 0 Å². The SMILES string of the molecule is C=CCOC(=O)C(CCCCCCCCC/C=C/CCCCCCCCCCCCCC)CC(=O)O. The van der Waals surface area contributed by atoms with Crippen LogP contribution >= 0.6 is 0 Å². The molecule has 0 rings (SSSR count). The second-order valence-electron chi connectivity index (χ2n) is 10.4. The molecule has 0 aromatic rings. The lowest BCUT2D eigenvalue weighted by Gasteiger charge is -2.13. The highest BCUT2D eigenvalue weighted by Gasteiger charge is 2.22. The lowest BCUT2D eigenvalue weighted by atomic mass is 9.97. The molecule has 4 nitrogen and oxygen atoms in total. The van der Waals surface area contributed by atoms with Crippen molar-refractivity contribution in [2.24, 2.45) is 5.92 Å². The molecule has 0 aromatic heterocycles. The van der Waals surface area contributed by atoms with Gasteiger partial charge in [0.2, 0.25) is 0 Å². The highest BCUT2D eigenvalue weighted by molar-refractivity contribution is 5.79. The second kappa shape index (κ2) is 28.0. The standard InChI is InChI=1S/C32H58O4/c1-3-5-6-7-8-9-10-11-12-13-14-15-16-17-18-19-20-21-22-23-24-25-26-27-30(29-31(33)34)32(35)36-28-4-2/h4,17-18,30H,2-3,5-16,19-29H2,1H3,(H,33,34)/b18-17+. The van der Waals surface area contributed by atoms with Gasteiger partial charge in [-0.1, -0.05) is 141 Å². The zero-order valence-electron chi connectivity index (χ0n) is 23.7. The van der Waals surface area contributed by atoms with E-state index in [0.717, 1.165) is 19.3 Å². The number of hydrogen-bond donors (Lipinski definition) is 1. The van der Waals surface area contributed by atoms with Crippen molar-refractivity contribution < 1.29 is 19.4 Å². The van der Waals surface area contributed by atoms with E-state index >= 15 is 0 Å². The first-order chi connectivity index (χ1) is 17.6. The van der Waals surface area contributed by atoms with E-state index in [1.165, 1.54) is 122 Å². The quantitative estimate of drug-likeness (QED) is 0.0651. The molecule has 210 valence electrons. The van der Waals surface area contributed by atoms with E-state index in [0.29, 0.717) is 6.42 Å². The number of carboxylic acid groups (broad SMARTS) is 1. The summed E-state index contributed by atoms with van der Waals surface area (Å²) < 4.78 is 5.03. The zero-order valence-corrected chi connectivity index (χ0v) is 23.7. The van der Waals surface area contributed by atoms with Crippen LogP contribution in [0.1, 0.15) is 155 Å². The van der Waals surface area contributed by atoms with Crippen LogP contribution in [0.3, 0.4) is 0 Å². The molecule has 4 heteroatoms. The van der Waals surface area contributed by atoms with Crippen molar-refractivity contribution in [3.63, 3.8) is 0 Å². The largest absolute Gasteiger partial charge is 0.481 e. The van der Waals surface area contributed by atoms with Gasteiger partial charge in [0.25, 0.3) is 0 Å².